The average Bonchev–Trinajstić information content (AvgIpc) is 2.75. The van der Waals surface area contributed by atoms with Crippen molar-refractivity contribution >= 4 is 20.8 Å². The molecule has 2 aromatic carbocycles. The maximum atomic E-state index is 12.7. The Bertz CT molecular complexity index is 1070. The van der Waals surface area contributed by atoms with Crippen LogP contribution in [0.4, 0.5) is 0 Å². The summed E-state index contributed by atoms with van der Waals surface area (Å²) in [5.74, 6) is 0.730. The molecule has 1 unspecified atom stereocenters. The minimum atomic E-state index is -3.60. The molecule has 0 amide bonds. The molecule has 1 aromatic heterocycles. The van der Waals surface area contributed by atoms with Crippen molar-refractivity contribution in [2.24, 2.45) is 0 Å². The van der Waals surface area contributed by atoms with Crippen molar-refractivity contribution in [1.82, 2.24) is 15.0 Å². The molecule has 3 N–H and O–H groups in total. The second-order valence-corrected chi connectivity index (χ2v) is 8.79. The number of benzene rings is 2. The maximum absolute atomic E-state index is 12.7. The number of pyridine rings is 1. The van der Waals surface area contributed by atoms with Gasteiger partial charge in [0.25, 0.3) is 0 Å². The van der Waals surface area contributed by atoms with E-state index < -0.39 is 10.0 Å². The maximum Gasteiger partial charge on any atom is 0.240 e. The van der Waals surface area contributed by atoms with Crippen molar-refractivity contribution in [3.8, 4) is 5.75 Å². The molecular weight excluding hydrogens is 402 g/mol. The van der Waals surface area contributed by atoms with Crippen LogP contribution < -0.4 is 14.8 Å². The Kier molecular flexibility index (Phi) is 7.75. The highest BCUT2D eigenvalue weighted by Gasteiger charge is 2.17. The topological polar surface area (TPSA) is 101 Å². The Morgan fingerprint density at radius 3 is 2.83 bits per heavy atom. The molecule has 0 aliphatic heterocycles. The zero-order valence-electron chi connectivity index (χ0n) is 16.9. The van der Waals surface area contributed by atoms with Gasteiger partial charge in [-0.1, -0.05) is 18.2 Å². The van der Waals surface area contributed by atoms with Gasteiger partial charge in [-0.2, -0.15) is 0 Å². The van der Waals surface area contributed by atoms with Gasteiger partial charge in [-0.05, 0) is 61.2 Å². The number of hydrogen-bond acceptors (Lipinski definition) is 6. The van der Waals surface area contributed by atoms with E-state index in [9.17, 15) is 8.42 Å². The summed E-state index contributed by atoms with van der Waals surface area (Å²) in [4.78, 5) is 4.29. The third-order valence-electron chi connectivity index (χ3n) is 4.58. The van der Waals surface area contributed by atoms with E-state index in [-0.39, 0.29) is 24.2 Å². The zero-order valence-corrected chi connectivity index (χ0v) is 17.7. The van der Waals surface area contributed by atoms with Gasteiger partial charge in [0.05, 0.1) is 11.5 Å². The van der Waals surface area contributed by atoms with Gasteiger partial charge in [0.2, 0.25) is 10.0 Å². The Balaban J connectivity index is 1.48. The second kappa shape index (κ2) is 10.5. The van der Waals surface area contributed by atoms with Crippen LogP contribution in [0.15, 0.2) is 65.8 Å². The molecule has 0 radical (unpaired) electrons. The van der Waals surface area contributed by atoms with Crippen molar-refractivity contribution in [3.05, 3.63) is 66.5 Å². The molecule has 30 heavy (non-hydrogen) atoms. The van der Waals surface area contributed by atoms with Crippen LogP contribution in [0.25, 0.3) is 10.8 Å². The Labute approximate surface area is 177 Å². The summed E-state index contributed by atoms with van der Waals surface area (Å²) in [7, 11) is -3.60. The largest absolute Gasteiger partial charge is 0.491 e. The van der Waals surface area contributed by atoms with Crippen LogP contribution in [-0.4, -0.2) is 50.9 Å². The summed E-state index contributed by atoms with van der Waals surface area (Å²) >= 11 is 0. The third-order valence-corrected chi connectivity index (χ3v) is 6.17. The molecule has 0 bridgehead atoms. The van der Waals surface area contributed by atoms with Gasteiger partial charge >= 0.3 is 0 Å². The Morgan fingerprint density at radius 1 is 1.13 bits per heavy atom. The van der Waals surface area contributed by atoms with Crippen molar-refractivity contribution in [2.45, 2.75) is 24.3 Å². The molecule has 160 valence electrons. The van der Waals surface area contributed by atoms with Crippen LogP contribution in [-0.2, 0) is 16.4 Å². The van der Waals surface area contributed by atoms with Crippen molar-refractivity contribution < 1.29 is 18.3 Å². The monoisotopic (exact) mass is 429 g/mol. The van der Waals surface area contributed by atoms with Gasteiger partial charge in [0.15, 0.2) is 0 Å². The predicted octanol–water partition coefficient (Wildman–Crippen LogP) is 2.10. The van der Waals surface area contributed by atoms with E-state index in [2.05, 4.69) is 15.0 Å². The highest BCUT2D eigenvalue weighted by molar-refractivity contribution is 7.89. The van der Waals surface area contributed by atoms with Crippen molar-refractivity contribution in [3.63, 3.8) is 0 Å². The van der Waals surface area contributed by atoms with Crippen LogP contribution in [0, 0.1) is 0 Å². The van der Waals surface area contributed by atoms with Gasteiger partial charge < -0.3 is 15.2 Å². The van der Waals surface area contributed by atoms with E-state index in [1.54, 1.807) is 36.7 Å². The Morgan fingerprint density at radius 2 is 2.00 bits per heavy atom. The van der Waals surface area contributed by atoms with Crippen LogP contribution >= 0.6 is 0 Å². The fourth-order valence-electron chi connectivity index (χ4n) is 3.11. The Hall–Kier alpha value is -2.52. The number of ether oxygens (including phenoxy) is 1. The number of aromatic nitrogens is 1. The molecule has 3 rings (SSSR count). The summed E-state index contributed by atoms with van der Waals surface area (Å²) in [6, 6.07) is 14.3. The number of fused-ring (bicyclic) bond motifs is 1. The summed E-state index contributed by atoms with van der Waals surface area (Å²) in [5, 5.41) is 13.9. The van der Waals surface area contributed by atoms with E-state index >= 15 is 0 Å². The molecule has 0 spiro atoms. The van der Waals surface area contributed by atoms with Crippen molar-refractivity contribution in [1.29, 1.82) is 0 Å². The average molecular weight is 430 g/mol. The zero-order chi connectivity index (χ0) is 21.4. The number of aliphatic hydroxyl groups excluding tert-OH is 1. The van der Waals surface area contributed by atoms with Crippen LogP contribution in [0.2, 0.25) is 0 Å². The lowest BCUT2D eigenvalue weighted by molar-refractivity contribution is 0.201. The van der Waals surface area contributed by atoms with Crippen LogP contribution in [0.5, 0.6) is 5.75 Å². The van der Waals surface area contributed by atoms with E-state index in [4.69, 9.17) is 9.84 Å². The molecule has 1 atom stereocenters. The minimum absolute atomic E-state index is 0.0179. The van der Waals surface area contributed by atoms with E-state index in [0.29, 0.717) is 13.1 Å². The van der Waals surface area contributed by atoms with Crippen molar-refractivity contribution in [2.75, 3.05) is 26.3 Å². The standard InChI is InChI=1S/C22H27N3O4S/c1-17(15-23-9-7-18-3-2-4-21(13-18)29-12-11-26)25-30(27,28)22-6-5-20-16-24-10-8-19(20)14-22/h2-6,8,10,13-14,16-17,23,25-26H,7,9,11-12,15H2,1H3. The highest BCUT2D eigenvalue weighted by Crippen LogP contribution is 2.18. The molecular formula is C22H27N3O4S. The fourth-order valence-corrected chi connectivity index (χ4v) is 4.39. The highest BCUT2D eigenvalue weighted by atomic mass is 32.2. The molecule has 0 aliphatic carbocycles. The lowest BCUT2D eigenvalue weighted by atomic mass is 10.1. The smallest absolute Gasteiger partial charge is 0.240 e. The molecule has 0 saturated carbocycles. The molecule has 0 saturated heterocycles. The first-order valence-electron chi connectivity index (χ1n) is 9.87. The summed E-state index contributed by atoms with van der Waals surface area (Å²) in [6.45, 7) is 3.30. The van der Waals surface area contributed by atoms with Gasteiger partial charge in [-0.15, -0.1) is 0 Å². The molecule has 1 heterocycles. The van der Waals surface area contributed by atoms with Gasteiger partial charge in [-0.3, -0.25) is 4.98 Å². The SMILES string of the molecule is CC(CNCCc1cccc(OCCO)c1)NS(=O)(=O)c1ccc2cnccc2c1. The van der Waals surface area contributed by atoms with E-state index in [1.807, 2.05) is 31.2 Å². The molecule has 7 nitrogen and oxygen atoms in total. The lowest BCUT2D eigenvalue weighted by Crippen LogP contribution is -2.40. The number of hydrogen-bond donors (Lipinski definition) is 3. The number of nitrogens with zero attached hydrogens (tertiary/aromatic N) is 1. The second-order valence-electron chi connectivity index (χ2n) is 7.08. The summed E-state index contributed by atoms with van der Waals surface area (Å²) in [6.07, 6.45) is 4.14. The molecule has 3 aromatic rings. The predicted molar refractivity (Wildman–Crippen MR) is 117 cm³/mol. The first-order chi connectivity index (χ1) is 14.5. The minimum Gasteiger partial charge on any atom is -0.491 e. The third kappa shape index (κ3) is 6.24. The summed E-state index contributed by atoms with van der Waals surface area (Å²) < 4.78 is 33.5. The van der Waals surface area contributed by atoms with E-state index in [0.717, 1.165) is 28.5 Å². The van der Waals surface area contributed by atoms with Crippen LogP contribution in [0.1, 0.15) is 12.5 Å². The lowest BCUT2D eigenvalue weighted by Gasteiger charge is -2.15. The van der Waals surface area contributed by atoms with Gasteiger partial charge in [0, 0.05) is 30.4 Å². The number of sulfonamides is 1. The quantitative estimate of drug-likeness (QED) is 0.404. The molecule has 0 fully saturated rings. The van der Waals surface area contributed by atoms with E-state index in [1.165, 1.54) is 0 Å². The normalized spacial score (nSPS) is 12.7. The van der Waals surface area contributed by atoms with Gasteiger partial charge in [0.1, 0.15) is 12.4 Å². The summed E-state index contributed by atoms with van der Waals surface area (Å²) in [5.41, 5.74) is 1.11. The number of rotatable bonds is 11. The van der Waals surface area contributed by atoms with Gasteiger partial charge in [-0.25, -0.2) is 13.1 Å². The number of nitrogens with one attached hydrogen (secondary N) is 2. The number of aliphatic hydroxyl groups is 1. The first-order valence-corrected chi connectivity index (χ1v) is 11.4. The molecule has 8 heteroatoms. The first kappa shape index (κ1) is 22.2. The van der Waals surface area contributed by atoms with Crippen LogP contribution in [0.3, 0.4) is 0 Å². The molecule has 0 aliphatic rings. The fraction of sp³-hybridized carbons (Fsp3) is 0.318.